The molecule has 5 heteroatoms. The lowest BCUT2D eigenvalue weighted by Crippen LogP contribution is -2.04. The van der Waals surface area contributed by atoms with Gasteiger partial charge in [-0.1, -0.05) is 29.7 Å². The van der Waals surface area contributed by atoms with Crippen LogP contribution in [0.5, 0.6) is 0 Å². The Balaban J connectivity index is 1.69. The van der Waals surface area contributed by atoms with Crippen molar-refractivity contribution in [3.05, 3.63) is 89.5 Å². The SMILES string of the molecule is [B]c1ccccc1-c1cc2cc3ccc(cc4nc(cc5nc(cc1[nH]2)C=C5)C=C4)[nH]3. The average Bonchev–Trinajstić information content (AvgIpc) is 3.53. The second kappa shape index (κ2) is 6.99. The lowest BCUT2D eigenvalue weighted by atomic mass is 9.87. The van der Waals surface area contributed by atoms with E-state index >= 15 is 0 Å². The molecule has 0 saturated carbocycles. The molecule has 6 rings (SSSR count). The molecule has 0 atom stereocenters. The van der Waals surface area contributed by atoms with Crippen molar-refractivity contribution in [2.24, 2.45) is 0 Å². The van der Waals surface area contributed by atoms with Crippen molar-refractivity contribution in [3.63, 3.8) is 0 Å². The monoisotopic (exact) mass is 396 g/mol. The fourth-order valence-corrected chi connectivity index (χ4v) is 3.98. The van der Waals surface area contributed by atoms with E-state index in [1.807, 2.05) is 60.7 Å². The van der Waals surface area contributed by atoms with Gasteiger partial charge in [-0.05, 0) is 72.3 Å². The second-order valence-electron chi connectivity index (χ2n) is 7.68. The van der Waals surface area contributed by atoms with Gasteiger partial charge in [-0.25, -0.2) is 9.97 Å². The minimum atomic E-state index is 0.743. The van der Waals surface area contributed by atoms with Crippen LogP contribution in [0, 0.1) is 0 Å². The maximum absolute atomic E-state index is 6.29. The van der Waals surface area contributed by atoms with Gasteiger partial charge in [-0.3, -0.25) is 0 Å². The van der Waals surface area contributed by atoms with Gasteiger partial charge in [0.1, 0.15) is 7.85 Å². The molecule has 4 nitrogen and oxygen atoms in total. The van der Waals surface area contributed by atoms with Crippen LogP contribution in [-0.2, 0) is 0 Å². The van der Waals surface area contributed by atoms with E-state index in [1.165, 1.54) is 0 Å². The molecule has 144 valence electrons. The van der Waals surface area contributed by atoms with Gasteiger partial charge in [0.05, 0.1) is 22.8 Å². The normalized spacial score (nSPS) is 12.4. The lowest BCUT2D eigenvalue weighted by Gasteiger charge is -2.03. The van der Waals surface area contributed by atoms with E-state index in [4.69, 9.17) is 12.8 Å². The first kappa shape index (κ1) is 17.7. The van der Waals surface area contributed by atoms with E-state index in [0.29, 0.717) is 0 Å². The third kappa shape index (κ3) is 3.40. The fourth-order valence-electron chi connectivity index (χ4n) is 3.98. The highest BCUT2D eigenvalue weighted by atomic mass is 14.8. The zero-order chi connectivity index (χ0) is 20.8. The number of aromatic nitrogens is 4. The average molecular weight is 396 g/mol. The summed E-state index contributed by atoms with van der Waals surface area (Å²) in [6.07, 6.45) is 8.03. The van der Waals surface area contributed by atoms with Gasteiger partial charge >= 0.3 is 0 Å². The van der Waals surface area contributed by atoms with E-state index < -0.39 is 0 Å². The van der Waals surface area contributed by atoms with Gasteiger partial charge in [0, 0.05) is 27.6 Å². The van der Waals surface area contributed by atoms with E-state index in [9.17, 15) is 0 Å². The number of nitrogens with one attached hydrogen (secondary N) is 2. The summed E-state index contributed by atoms with van der Waals surface area (Å²) in [5.74, 6) is 0. The Hall–Kier alpha value is -4.12. The van der Waals surface area contributed by atoms with Crippen LogP contribution < -0.4 is 5.46 Å². The maximum Gasteiger partial charge on any atom is 0.114 e. The van der Waals surface area contributed by atoms with Crippen LogP contribution in [0.4, 0.5) is 0 Å². The highest BCUT2D eigenvalue weighted by Gasteiger charge is 2.08. The number of aromatic amines is 2. The predicted octanol–water partition coefficient (Wildman–Crippen LogP) is 5.12. The molecule has 0 saturated heterocycles. The molecule has 2 aliphatic rings. The van der Waals surface area contributed by atoms with Crippen LogP contribution in [0.3, 0.4) is 0 Å². The molecule has 0 unspecified atom stereocenters. The molecule has 5 heterocycles. The number of nitrogens with zero attached hydrogens (tertiary/aromatic N) is 2. The van der Waals surface area contributed by atoms with Gasteiger partial charge in [-0.15, -0.1) is 0 Å². The van der Waals surface area contributed by atoms with E-state index in [0.717, 1.165) is 61.4 Å². The third-order valence-corrected chi connectivity index (χ3v) is 5.42. The van der Waals surface area contributed by atoms with Crippen LogP contribution in [0.25, 0.3) is 57.5 Å². The Labute approximate surface area is 180 Å². The summed E-state index contributed by atoms with van der Waals surface area (Å²) in [6.45, 7) is 0. The summed E-state index contributed by atoms with van der Waals surface area (Å²) in [4.78, 5) is 16.4. The van der Waals surface area contributed by atoms with Crippen LogP contribution in [-0.4, -0.2) is 27.8 Å². The summed E-state index contributed by atoms with van der Waals surface area (Å²) in [5.41, 5.74) is 10.3. The smallest absolute Gasteiger partial charge is 0.114 e. The van der Waals surface area contributed by atoms with Crippen molar-refractivity contribution in [2.45, 2.75) is 0 Å². The molecule has 0 amide bonds. The number of fused-ring (bicyclic) bond motifs is 8. The standard InChI is InChI=1S/C26H17BN4/c27-25-4-2-1-3-23(25)24-14-22-13-20-8-7-18(29-20)11-16-5-6-17(28-16)12-19-9-10-21(30-19)15-26(24)31-22/h1-15,29,31H. The molecule has 0 fully saturated rings. The van der Waals surface area contributed by atoms with Gasteiger partial charge in [0.15, 0.2) is 0 Å². The van der Waals surface area contributed by atoms with E-state index in [1.54, 1.807) is 0 Å². The quantitative estimate of drug-likeness (QED) is 0.379. The summed E-state index contributed by atoms with van der Waals surface area (Å²) in [6, 6.07) is 22.3. The van der Waals surface area contributed by atoms with Crippen molar-refractivity contribution in [3.8, 4) is 11.1 Å². The van der Waals surface area contributed by atoms with Crippen LogP contribution in [0.1, 0.15) is 22.8 Å². The number of hydrogen-bond acceptors (Lipinski definition) is 2. The molecular weight excluding hydrogens is 379 g/mol. The molecule has 1 aromatic carbocycles. The molecule has 31 heavy (non-hydrogen) atoms. The van der Waals surface area contributed by atoms with Gasteiger partial charge in [-0.2, -0.15) is 0 Å². The Morgan fingerprint density at radius 1 is 0.548 bits per heavy atom. The predicted molar refractivity (Wildman–Crippen MR) is 130 cm³/mol. The number of hydrogen-bond donors (Lipinski definition) is 2. The summed E-state index contributed by atoms with van der Waals surface area (Å²) >= 11 is 0. The molecule has 0 aliphatic carbocycles. The van der Waals surface area contributed by atoms with Gasteiger partial charge in [0.25, 0.3) is 0 Å². The molecule has 3 aromatic heterocycles. The minimum Gasteiger partial charge on any atom is -0.355 e. The van der Waals surface area contributed by atoms with Crippen LogP contribution >= 0.6 is 0 Å². The highest BCUT2D eigenvalue weighted by molar-refractivity contribution is 6.36. The second-order valence-corrected chi connectivity index (χ2v) is 7.68. The van der Waals surface area contributed by atoms with Crippen LogP contribution in [0.2, 0.25) is 0 Å². The van der Waals surface area contributed by atoms with Crippen LogP contribution in [0.15, 0.2) is 66.7 Å². The van der Waals surface area contributed by atoms with E-state index in [2.05, 4.69) is 45.3 Å². The minimum absolute atomic E-state index is 0.743. The molecule has 2 aliphatic heterocycles. The molecule has 0 spiro atoms. The first-order valence-corrected chi connectivity index (χ1v) is 10.1. The summed E-state index contributed by atoms with van der Waals surface area (Å²) in [5, 5.41) is 0. The van der Waals surface area contributed by atoms with Gasteiger partial charge < -0.3 is 9.97 Å². The Bertz CT molecular complexity index is 1550. The zero-order valence-electron chi connectivity index (χ0n) is 16.6. The summed E-state index contributed by atoms with van der Waals surface area (Å²) < 4.78 is 0. The highest BCUT2D eigenvalue weighted by Crippen LogP contribution is 2.26. The van der Waals surface area contributed by atoms with Crippen molar-refractivity contribution in [2.75, 3.05) is 0 Å². The Morgan fingerprint density at radius 2 is 1.19 bits per heavy atom. The van der Waals surface area contributed by atoms with Crippen molar-refractivity contribution in [1.29, 1.82) is 0 Å². The molecular formula is C26H17BN4. The lowest BCUT2D eigenvalue weighted by molar-refractivity contribution is 1.28. The van der Waals surface area contributed by atoms with Crippen molar-refractivity contribution >= 4 is 59.7 Å². The topological polar surface area (TPSA) is 57.4 Å². The summed E-state index contributed by atoms with van der Waals surface area (Å²) in [7, 11) is 6.29. The molecule has 4 aromatic rings. The largest absolute Gasteiger partial charge is 0.355 e. The Kier molecular flexibility index (Phi) is 4.00. The van der Waals surface area contributed by atoms with Crippen molar-refractivity contribution < 1.29 is 0 Å². The molecule has 2 radical (unpaired) electrons. The fraction of sp³-hybridized carbons (Fsp3) is 0. The van der Waals surface area contributed by atoms with Crippen molar-refractivity contribution in [1.82, 2.24) is 19.9 Å². The molecule has 2 N–H and O–H groups in total. The first-order chi connectivity index (χ1) is 15.2. The zero-order valence-corrected chi connectivity index (χ0v) is 16.6. The number of rotatable bonds is 1. The first-order valence-electron chi connectivity index (χ1n) is 10.1. The van der Waals surface area contributed by atoms with E-state index in [-0.39, 0.29) is 0 Å². The number of benzene rings is 1. The molecule has 8 bridgehead atoms. The third-order valence-electron chi connectivity index (χ3n) is 5.42. The maximum atomic E-state index is 6.29. The van der Waals surface area contributed by atoms with Gasteiger partial charge in [0.2, 0.25) is 0 Å². The number of H-pyrrole nitrogens is 2. The Morgan fingerprint density at radius 3 is 1.94 bits per heavy atom.